The monoisotopic (exact) mass is 314 g/mol. The van der Waals surface area contributed by atoms with Crippen LogP contribution in [0, 0.1) is 0 Å². The molecule has 0 aliphatic carbocycles. The van der Waals surface area contributed by atoms with Crippen molar-refractivity contribution >= 4 is 17.2 Å². The Kier molecular flexibility index (Phi) is 5.38. The van der Waals surface area contributed by atoms with Crippen molar-refractivity contribution in [2.45, 2.75) is 33.2 Å². The number of nitrogens with one attached hydrogen (secondary N) is 1. The lowest BCUT2D eigenvalue weighted by Gasteiger charge is -2.21. The fourth-order valence-electron chi connectivity index (χ4n) is 2.10. The average Bonchev–Trinajstić information content (AvgIpc) is 2.48. The first-order chi connectivity index (χ1) is 10.4. The van der Waals surface area contributed by atoms with Gasteiger partial charge in [0.1, 0.15) is 0 Å². The minimum atomic E-state index is 0.0854. The Morgan fingerprint density at radius 1 is 1.14 bits per heavy atom. The number of aromatic nitrogens is 1. The summed E-state index contributed by atoms with van der Waals surface area (Å²) in [5, 5.41) is 4.25. The van der Waals surface area contributed by atoms with Crippen molar-refractivity contribution in [3.05, 3.63) is 59.3 Å². The second-order valence-corrected chi connectivity index (χ2v) is 6.77. The van der Waals surface area contributed by atoms with E-state index in [0.717, 1.165) is 28.5 Å². The number of halogens is 1. The standard InChI is InChI=1S/C19H23ClN2/c1-5-14(13-21-19(2,3)4)17-7-6-8-18(22-17)15-9-11-16(20)12-10-15/h5-12,21H,13H2,1-4H3/b14-5-. The fourth-order valence-corrected chi connectivity index (χ4v) is 2.22. The predicted molar refractivity (Wildman–Crippen MR) is 96.1 cm³/mol. The zero-order chi connectivity index (χ0) is 16.2. The first-order valence-electron chi connectivity index (χ1n) is 7.52. The number of allylic oxidation sites excluding steroid dienone is 1. The van der Waals surface area contributed by atoms with Crippen molar-refractivity contribution < 1.29 is 0 Å². The smallest absolute Gasteiger partial charge is 0.0709 e. The Bertz CT molecular complexity index is 652. The maximum absolute atomic E-state index is 5.95. The third kappa shape index (κ3) is 4.69. The molecule has 22 heavy (non-hydrogen) atoms. The molecule has 1 heterocycles. The third-order valence-corrected chi connectivity index (χ3v) is 3.63. The molecule has 2 nitrogen and oxygen atoms in total. The highest BCUT2D eigenvalue weighted by atomic mass is 35.5. The SMILES string of the molecule is C/C=C(/CNC(C)(C)C)c1cccc(-c2ccc(Cl)cc2)n1. The molecule has 116 valence electrons. The minimum Gasteiger partial charge on any atom is -0.308 e. The van der Waals surface area contributed by atoms with Crippen molar-refractivity contribution in [3.8, 4) is 11.3 Å². The summed E-state index contributed by atoms with van der Waals surface area (Å²) in [7, 11) is 0. The summed E-state index contributed by atoms with van der Waals surface area (Å²) in [5.41, 5.74) is 4.33. The van der Waals surface area contributed by atoms with Gasteiger partial charge in [-0.15, -0.1) is 0 Å². The predicted octanol–water partition coefficient (Wildman–Crippen LogP) is 5.19. The molecule has 0 bridgehead atoms. The van der Waals surface area contributed by atoms with E-state index in [-0.39, 0.29) is 5.54 Å². The lowest BCUT2D eigenvalue weighted by Crippen LogP contribution is -2.36. The zero-order valence-electron chi connectivity index (χ0n) is 13.7. The Morgan fingerprint density at radius 3 is 2.41 bits per heavy atom. The largest absolute Gasteiger partial charge is 0.308 e. The fraction of sp³-hybridized carbons (Fsp3) is 0.316. The quantitative estimate of drug-likeness (QED) is 0.839. The van der Waals surface area contributed by atoms with Crippen LogP contribution in [0.15, 0.2) is 48.5 Å². The van der Waals surface area contributed by atoms with Gasteiger partial charge < -0.3 is 5.32 Å². The van der Waals surface area contributed by atoms with Gasteiger partial charge in [-0.05, 0) is 57.5 Å². The molecule has 1 aromatic heterocycles. The maximum Gasteiger partial charge on any atom is 0.0709 e. The molecule has 0 aliphatic rings. The van der Waals surface area contributed by atoms with E-state index in [1.54, 1.807) is 0 Å². The molecule has 0 aliphatic heterocycles. The Labute approximate surface area is 138 Å². The number of hydrogen-bond acceptors (Lipinski definition) is 2. The zero-order valence-corrected chi connectivity index (χ0v) is 14.4. The molecule has 0 atom stereocenters. The van der Waals surface area contributed by atoms with Crippen molar-refractivity contribution in [1.29, 1.82) is 0 Å². The Morgan fingerprint density at radius 2 is 1.82 bits per heavy atom. The first kappa shape index (κ1) is 16.7. The van der Waals surface area contributed by atoms with Crippen LogP contribution < -0.4 is 5.32 Å². The van der Waals surface area contributed by atoms with E-state index in [9.17, 15) is 0 Å². The molecule has 0 spiro atoms. The first-order valence-corrected chi connectivity index (χ1v) is 7.90. The van der Waals surface area contributed by atoms with Gasteiger partial charge in [-0.3, -0.25) is 0 Å². The maximum atomic E-state index is 5.95. The summed E-state index contributed by atoms with van der Waals surface area (Å²) in [6, 6.07) is 13.9. The van der Waals surface area contributed by atoms with Crippen LogP contribution in [0.1, 0.15) is 33.4 Å². The molecule has 1 aromatic carbocycles. The van der Waals surface area contributed by atoms with Crippen LogP contribution in [0.2, 0.25) is 5.02 Å². The van der Waals surface area contributed by atoms with Crippen molar-refractivity contribution in [2.75, 3.05) is 6.54 Å². The van der Waals surface area contributed by atoms with E-state index in [4.69, 9.17) is 16.6 Å². The lowest BCUT2D eigenvalue weighted by atomic mass is 10.1. The normalized spacial score (nSPS) is 12.5. The van der Waals surface area contributed by atoms with E-state index in [1.807, 2.05) is 36.4 Å². The number of rotatable bonds is 4. The molecule has 0 saturated heterocycles. The summed E-state index contributed by atoms with van der Waals surface area (Å²) in [6.45, 7) is 9.35. The van der Waals surface area contributed by atoms with E-state index in [0.29, 0.717) is 0 Å². The van der Waals surface area contributed by atoms with Crippen LogP contribution in [0.3, 0.4) is 0 Å². The lowest BCUT2D eigenvalue weighted by molar-refractivity contribution is 0.452. The molecule has 0 fully saturated rings. The summed E-state index contributed by atoms with van der Waals surface area (Å²) < 4.78 is 0. The van der Waals surface area contributed by atoms with Crippen molar-refractivity contribution in [2.24, 2.45) is 0 Å². The second kappa shape index (κ2) is 7.08. The molecule has 2 rings (SSSR count). The van der Waals surface area contributed by atoms with Crippen LogP contribution in [0.4, 0.5) is 0 Å². The highest BCUT2D eigenvalue weighted by Crippen LogP contribution is 2.22. The molecule has 3 heteroatoms. The number of hydrogen-bond donors (Lipinski definition) is 1. The molecule has 0 unspecified atom stereocenters. The summed E-state index contributed by atoms with van der Waals surface area (Å²) in [4.78, 5) is 4.79. The summed E-state index contributed by atoms with van der Waals surface area (Å²) >= 11 is 5.95. The minimum absolute atomic E-state index is 0.0854. The van der Waals surface area contributed by atoms with Crippen molar-refractivity contribution in [3.63, 3.8) is 0 Å². The van der Waals surface area contributed by atoms with Crippen LogP contribution in [0.25, 0.3) is 16.8 Å². The molecule has 0 amide bonds. The van der Waals surface area contributed by atoms with Gasteiger partial charge in [-0.2, -0.15) is 0 Å². The van der Waals surface area contributed by atoms with Crippen LogP contribution in [-0.4, -0.2) is 17.1 Å². The van der Waals surface area contributed by atoms with Crippen LogP contribution in [0.5, 0.6) is 0 Å². The van der Waals surface area contributed by atoms with Crippen LogP contribution >= 0.6 is 11.6 Å². The molecular formula is C19H23ClN2. The van der Waals surface area contributed by atoms with Gasteiger partial charge in [0.2, 0.25) is 0 Å². The van der Waals surface area contributed by atoms with Gasteiger partial charge in [0.25, 0.3) is 0 Å². The van der Waals surface area contributed by atoms with Gasteiger partial charge in [0, 0.05) is 22.7 Å². The topological polar surface area (TPSA) is 24.9 Å². The Hall–Kier alpha value is -1.64. The molecule has 0 saturated carbocycles. The highest BCUT2D eigenvalue weighted by Gasteiger charge is 2.11. The summed E-state index contributed by atoms with van der Waals surface area (Å²) in [5.74, 6) is 0. The van der Waals surface area contributed by atoms with E-state index in [1.165, 1.54) is 5.57 Å². The number of pyridine rings is 1. The second-order valence-electron chi connectivity index (χ2n) is 6.33. The van der Waals surface area contributed by atoms with Gasteiger partial charge in [0.05, 0.1) is 11.4 Å². The number of benzene rings is 1. The highest BCUT2D eigenvalue weighted by molar-refractivity contribution is 6.30. The average molecular weight is 315 g/mol. The molecular weight excluding hydrogens is 292 g/mol. The molecule has 0 radical (unpaired) electrons. The van der Waals surface area contributed by atoms with Crippen LogP contribution in [-0.2, 0) is 0 Å². The molecule has 2 aromatic rings. The number of nitrogens with zero attached hydrogens (tertiary/aromatic N) is 1. The molecule has 1 N–H and O–H groups in total. The van der Waals surface area contributed by atoms with E-state index >= 15 is 0 Å². The van der Waals surface area contributed by atoms with Gasteiger partial charge >= 0.3 is 0 Å². The third-order valence-electron chi connectivity index (χ3n) is 3.38. The van der Waals surface area contributed by atoms with Crippen molar-refractivity contribution in [1.82, 2.24) is 10.3 Å². The summed E-state index contributed by atoms with van der Waals surface area (Å²) in [6.07, 6.45) is 2.12. The Balaban J connectivity index is 2.25. The van der Waals surface area contributed by atoms with E-state index < -0.39 is 0 Å². The van der Waals surface area contributed by atoms with E-state index in [2.05, 4.69) is 45.2 Å². The van der Waals surface area contributed by atoms with Gasteiger partial charge in [-0.25, -0.2) is 4.98 Å². The van der Waals surface area contributed by atoms with Gasteiger partial charge in [-0.1, -0.05) is 35.9 Å². The van der Waals surface area contributed by atoms with Gasteiger partial charge in [0.15, 0.2) is 0 Å².